The topological polar surface area (TPSA) is 33.3 Å². The Morgan fingerprint density at radius 2 is 1.07 bits per heavy atom. The van der Waals surface area contributed by atoms with E-state index in [0.29, 0.717) is 11.1 Å². The van der Waals surface area contributed by atoms with Crippen molar-refractivity contribution in [2.45, 2.75) is 128 Å². The number of nitrogens with one attached hydrogen (secondary N) is 2. The van der Waals surface area contributed by atoms with Crippen LogP contribution < -0.4 is 10.6 Å². The molecule has 4 fully saturated rings. The first-order chi connectivity index (χ1) is 13.8. The van der Waals surface area contributed by atoms with Crippen LogP contribution in [0.3, 0.4) is 0 Å². The maximum atomic E-state index is 6.29. The fourth-order valence-corrected chi connectivity index (χ4v) is 7.75. The van der Waals surface area contributed by atoms with E-state index in [-0.39, 0.29) is 0 Å². The first-order valence-electron chi connectivity index (χ1n) is 13.0. The van der Waals surface area contributed by atoms with Gasteiger partial charge >= 0.3 is 0 Å². The second-order valence-electron chi connectivity index (χ2n) is 12.3. The molecular formula is C26H48N2O. The van der Waals surface area contributed by atoms with E-state index in [4.69, 9.17) is 4.74 Å². The van der Waals surface area contributed by atoms with E-state index >= 15 is 0 Å². The summed E-state index contributed by atoms with van der Waals surface area (Å²) in [6.07, 6.45) is 16.6. The molecule has 6 atom stereocenters. The molecule has 2 aliphatic heterocycles. The Hall–Kier alpha value is -0.120. The minimum Gasteiger partial charge on any atom is -0.381 e. The average molecular weight is 405 g/mol. The zero-order chi connectivity index (χ0) is 20.5. The standard InChI is InChI=1S/C26H48N2O/c1-25(2)17-19(21-9-5-7-11-23(21)27-25)13-15-29-16-14-20-18-26(3,4)28-24-12-8-6-10-22(20)24/h19-24,27-28H,5-18H2,1-4H3. The molecule has 0 bridgehead atoms. The molecule has 0 radical (unpaired) electrons. The first-order valence-corrected chi connectivity index (χ1v) is 13.0. The van der Waals surface area contributed by atoms with Gasteiger partial charge in [0.1, 0.15) is 0 Å². The Bertz CT molecular complexity index is 485. The Labute approximate surface area is 180 Å². The van der Waals surface area contributed by atoms with Crippen LogP contribution in [0.25, 0.3) is 0 Å². The minimum absolute atomic E-state index is 0.305. The van der Waals surface area contributed by atoms with E-state index in [1.54, 1.807) is 0 Å². The van der Waals surface area contributed by atoms with Crippen molar-refractivity contribution < 1.29 is 4.74 Å². The van der Waals surface area contributed by atoms with Crippen LogP contribution in [0.2, 0.25) is 0 Å². The SMILES string of the molecule is CC1(C)CC(CCOCCC2CC(C)(C)NC3CCCCC23)C2CCCCC2N1. The van der Waals surface area contributed by atoms with Gasteiger partial charge in [-0.2, -0.15) is 0 Å². The van der Waals surface area contributed by atoms with Gasteiger partial charge in [-0.05, 0) is 103 Å². The highest BCUT2D eigenvalue weighted by molar-refractivity contribution is 4.99. The van der Waals surface area contributed by atoms with Gasteiger partial charge in [-0.15, -0.1) is 0 Å². The second-order valence-corrected chi connectivity index (χ2v) is 12.3. The van der Waals surface area contributed by atoms with E-state index in [0.717, 1.165) is 49.0 Å². The molecule has 0 spiro atoms. The highest BCUT2D eigenvalue weighted by atomic mass is 16.5. The molecule has 3 heteroatoms. The highest BCUT2D eigenvalue weighted by Crippen LogP contribution is 2.42. The number of rotatable bonds is 6. The highest BCUT2D eigenvalue weighted by Gasteiger charge is 2.42. The molecule has 0 amide bonds. The summed E-state index contributed by atoms with van der Waals surface area (Å²) in [5.74, 6) is 3.51. The molecule has 2 heterocycles. The molecule has 0 aromatic heterocycles. The van der Waals surface area contributed by atoms with Crippen molar-refractivity contribution in [1.29, 1.82) is 0 Å². The van der Waals surface area contributed by atoms with Crippen molar-refractivity contribution >= 4 is 0 Å². The van der Waals surface area contributed by atoms with Gasteiger partial charge < -0.3 is 15.4 Å². The van der Waals surface area contributed by atoms with Crippen LogP contribution in [0.1, 0.15) is 105 Å². The summed E-state index contributed by atoms with van der Waals surface area (Å²) < 4.78 is 6.29. The predicted octanol–water partition coefficient (Wildman–Crippen LogP) is 5.68. The van der Waals surface area contributed by atoms with Gasteiger partial charge in [0.25, 0.3) is 0 Å². The summed E-state index contributed by atoms with van der Waals surface area (Å²) >= 11 is 0. The summed E-state index contributed by atoms with van der Waals surface area (Å²) in [7, 11) is 0. The van der Waals surface area contributed by atoms with E-state index in [1.807, 2.05) is 0 Å². The largest absolute Gasteiger partial charge is 0.381 e. The van der Waals surface area contributed by atoms with Gasteiger partial charge in [0.2, 0.25) is 0 Å². The summed E-state index contributed by atoms with van der Waals surface area (Å²) in [6, 6.07) is 1.52. The summed E-state index contributed by atoms with van der Waals surface area (Å²) in [6.45, 7) is 11.6. The third kappa shape index (κ3) is 5.57. The van der Waals surface area contributed by atoms with E-state index in [9.17, 15) is 0 Å². The van der Waals surface area contributed by atoms with Crippen LogP contribution in [-0.2, 0) is 4.74 Å². The van der Waals surface area contributed by atoms with Crippen molar-refractivity contribution in [3.8, 4) is 0 Å². The lowest BCUT2D eigenvalue weighted by Crippen LogP contribution is -2.58. The van der Waals surface area contributed by atoms with Gasteiger partial charge in [-0.3, -0.25) is 0 Å². The van der Waals surface area contributed by atoms with Crippen LogP contribution in [0.5, 0.6) is 0 Å². The minimum atomic E-state index is 0.305. The van der Waals surface area contributed by atoms with E-state index in [2.05, 4.69) is 38.3 Å². The fraction of sp³-hybridized carbons (Fsp3) is 1.00. The predicted molar refractivity (Wildman–Crippen MR) is 122 cm³/mol. The number of hydrogen-bond donors (Lipinski definition) is 2. The molecule has 168 valence electrons. The average Bonchev–Trinajstić information content (AvgIpc) is 2.65. The smallest absolute Gasteiger partial charge is 0.0468 e. The van der Waals surface area contributed by atoms with Crippen LogP contribution >= 0.6 is 0 Å². The lowest BCUT2D eigenvalue weighted by Gasteiger charge is -2.49. The third-order valence-corrected chi connectivity index (χ3v) is 8.81. The summed E-state index contributed by atoms with van der Waals surface area (Å²) in [5, 5.41) is 7.91. The molecule has 2 saturated heterocycles. The molecule has 0 aromatic carbocycles. The molecular weight excluding hydrogens is 356 g/mol. The number of ether oxygens (including phenoxy) is 1. The normalized spacial score (nSPS) is 41.4. The van der Waals surface area contributed by atoms with Gasteiger partial charge in [-0.25, -0.2) is 0 Å². The molecule has 4 rings (SSSR count). The molecule has 6 unspecified atom stereocenters. The third-order valence-electron chi connectivity index (χ3n) is 8.81. The molecule has 3 nitrogen and oxygen atoms in total. The lowest BCUT2D eigenvalue weighted by molar-refractivity contribution is 0.0233. The Morgan fingerprint density at radius 1 is 0.655 bits per heavy atom. The zero-order valence-corrected chi connectivity index (χ0v) is 19.8. The second kappa shape index (κ2) is 9.17. The van der Waals surface area contributed by atoms with Crippen molar-refractivity contribution in [3.05, 3.63) is 0 Å². The summed E-state index contributed by atoms with van der Waals surface area (Å²) in [4.78, 5) is 0. The first kappa shape index (κ1) is 22.1. The summed E-state index contributed by atoms with van der Waals surface area (Å²) in [5.41, 5.74) is 0.611. The van der Waals surface area contributed by atoms with Gasteiger partial charge in [0.05, 0.1) is 0 Å². The molecule has 2 saturated carbocycles. The van der Waals surface area contributed by atoms with Crippen molar-refractivity contribution in [2.75, 3.05) is 13.2 Å². The van der Waals surface area contributed by atoms with Gasteiger partial charge in [0, 0.05) is 36.4 Å². The molecule has 2 N–H and O–H groups in total. The van der Waals surface area contributed by atoms with Gasteiger partial charge in [0.15, 0.2) is 0 Å². The van der Waals surface area contributed by atoms with E-state index in [1.165, 1.54) is 77.0 Å². The van der Waals surface area contributed by atoms with Crippen molar-refractivity contribution in [2.24, 2.45) is 23.7 Å². The van der Waals surface area contributed by atoms with Crippen LogP contribution in [0.4, 0.5) is 0 Å². The van der Waals surface area contributed by atoms with E-state index < -0.39 is 0 Å². The Kier molecular flexibility index (Phi) is 6.98. The number of hydrogen-bond acceptors (Lipinski definition) is 3. The number of fused-ring (bicyclic) bond motifs is 2. The Balaban J connectivity index is 1.23. The molecule has 2 aliphatic carbocycles. The zero-order valence-electron chi connectivity index (χ0n) is 19.8. The molecule has 29 heavy (non-hydrogen) atoms. The fourth-order valence-electron chi connectivity index (χ4n) is 7.75. The van der Waals surface area contributed by atoms with Crippen LogP contribution in [-0.4, -0.2) is 36.4 Å². The molecule has 4 aliphatic rings. The Morgan fingerprint density at radius 3 is 1.52 bits per heavy atom. The lowest BCUT2D eigenvalue weighted by atomic mass is 9.67. The maximum Gasteiger partial charge on any atom is 0.0468 e. The van der Waals surface area contributed by atoms with Crippen molar-refractivity contribution in [1.82, 2.24) is 10.6 Å². The van der Waals surface area contributed by atoms with Crippen LogP contribution in [0.15, 0.2) is 0 Å². The van der Waals surface area contributed by atoms with Crippen molar-refractivity contribution in [3.63, 3.8) is 0 Å². The molecule has 0 aromatic rings. The van der Waals surface area contributed by atoms with Crippen LogP contribution in [0, 0.1) is 23.7 Å². The monoisotopic (exact) mass is 404 g/mol. The maximum absolute atomic E-state index is 6.29. The quantitative estimate of drug-likeness (QED) is 0.559. The van der Waals surface area contributed by atoms with Gasteiger partial charge in [-0.1, -0.05) is 25.7 Å². The number of piperidine rings is 2.